The number of pyridine rings is 1. The van der Waals surface area contributed by atoms with Gasteiger partial charge in [0.25, 0.3) is 0 Å². The van der Waals surface area contributed by atoms with Gasteiger partial charge < -0.3 is 30.2 Å². The van der Waals surface area contributed by atoms with E-state index in [1.807, 2.05) is 45.4 Å². The molecule has 4 N–H and O–H groups in total. The van der Waals surface area contributed by atoms with E-state index < -0.39 is 42.6 Å². The van der Waals surface area contributed by atoms with Gasteiger partial charge in [0.1, 0.15) is 31.0 Å². The monoisotopic (exact) mass is 743 g/mol. The molecular formula is C39H40F3N7O5. The number of benzene rings is 2. The summed E-state index contributed by atoms with van der Waals surface area (Å²) in [4.78, 5) is 34.9. The number of nitrogens with zero attached hydrogens (tertiary/aromatic N) is 5. The van der Waals surface area contributed by atoms with Crippen molar-refractivity contribution in [3.63, 3.8) is 0 Å². The summed E-state index contributed by atoms with van der Waals surface area (Å²) in [5.74, 6) is -1.77. The van der Waals surface area contributed by atoms with E-state index >= 15 is 0 Å². The van der Waals surface area contributed by atoms with Crippen molar-refractivity contribution in [1.29, 1.82) is 5.26 Å². The van der Waals surface area contributed by atoms with Crippen LogP contribution in [0.4, 0.5) is 13.2 Å². The number of halogens is 3. The van der Waals surface area contributed by atoms with E-state index in [-0.39, 0.29) is 50.5 Å². The summed E-state index contributed by atoms with van der Waals surface area (Å²) in [5.41, 5.74) is 3.52. The number of β-amino-alcohol motifs (C(OH)–C–C–N with tert-alkyl or cyclic N) is 1. The number of aliphatic hydroxyl groups is 2. The van der Waals surface area contributed by atoms with Gasteiger partial charge in [-0.3, -0.25) is 24.4 Å². The Bertz CT molecular complexity index is 2010. The fourth-order valence-electron chi connectivity index (χ4n) is 6.83. The van der Waals surface area contributed by atoms with E-state index in [4.69, 9.17) is 4.74 Å². The van der Waals surface area contributed by atoms with Crippen molar-refractivity contribution in [2.45, 2.75) is 37.7 Å². The highest BCUT2D eigenvalue weighted by Gasteiger charge is 2.37. The lowest BCUT2D eigenvalue weighted by atomic mass is 9.92. The van der Waals surface area contributed by atoms with E-state index in [1.165, 1.54) is 0 Å². The Labute approximate surface area is 310 Å². The first kappa shape index (κ1) is 38.0. The van der Waals surface area contributed by atoms with E-state index in [0.29, 0.717) is 35.7 Å². The number of aliphatic hydroxyl groups excluding tert-OH is 2. The van der Waals surface area contributed by atoms with Gasteiger partial charge >= 0.3 is 6.18 Å². The smallest absolute Gasteiger partial charge is 0.405 e. The van der Waals surface area contributed by atoms with Gasteiger partial charge in [-0.1, -0.05) is 30.3 Å². The first-order chi connectivity index (χ1) is 26.0. The van der Waals surface area contributed by atoms with Crippen molar-refractivity contribution in [3.05, 3.63) is 120 Å². The van der Waals surface area contributed by atoms with Crippen LogP contribution in [0.1, 0.15) is 28.7 Å². The Kier molecular flexibility index (Phi) is 12.0. The average molecular weight is 744 g/mol. The van der Waals surface area contributed by atoms with Crippen molar-refractivity contribution in [1.82, 2.24) is 30.0 Å². The SMILES string of the molecule is N#Cc1ccccc1-n1ccc(CN2CCN(C[C@@H](O)C[C@@H](Cc3cccnc3)C(=O)NC3=C(O)COc4ccccc43)[C@H](C(=O)NCC(F)(F)F)C2)c1. The van der Waals surface area contributed by atoms with Gasteiger partial charge in [0.2, 0.25) is 11.8 Å². The van der Waals surface area contributed by atoms with Crippen LogP contribution < -0.4 is 15.4 Å². The summed E-state index contributed by atoms with van der Waals surface area (Å²) in [6.45, 7) is -0.519. The first-order valence-corrected chi connectivity index (χ1v) is 17.5. The molecule has 2 aliphatic heterocycles. The maximum Gasteiger partial charge on any atom is 0.405 e. The van der Waals surface area contributed by atoms with Gasteiger partial charge in [0.15, 0.2) is 5.76 Å². The number of aromatic nitrogens is 2. The molecule has 1 fully saturated rings. The molecule has 4 heterocycles. The number of hydrogen-bond donors (Lipinski definition) is 4. The fourth-order valence-corrected chi connectivity index (χ4v) is 6.83. The number of carbonyl (C=O) groups is 2. The Morgan fingerprint density at radius 3 is 2.63 bits per heavy atom. The summed E-state index contributed by atoms with van der Waals surface area (Å²) >= 11 is 0. The van der Waals surface area contributed by atoms with Crippen LogP contribution in [-0.2, 0) is 22.6 Å². The number of piperazine rings is 1. The van der Waals surface area contributed by atoms with Crippen LogP contribution in [0.15, 0.2) is 97.3 Å². The van der Waals surface area contributed by atoms with E-state index in [1.54, 1.807) is 65.8 Å². The van der Waals surface area contributed by atoms with Crippen LogP contribution in [0.25, 0.3) is 11.4 Å². The van der Waals surface area contributed by atoms with E-state index in [2.05, 4.69) is 16.4 Å². The normalized spacial score (nSPS) is 17.5. The zero-order valence-corrected chi connectivity index (χ0v) is 29.2. The highest BCUT2D eigenvalue weighted by molar-refractivity contribution is 5.90. The molecule has 0 aliphatic carbocycles. The molecular weight excluding hydrogens is 703 g/mol. The largest absolute Gasteiger partial charge is 0.507 e. The van der Waals surface area contributed by atoms with Crippen LogP contribution in [0.5, 0.6) is 5.75 Å². The molecule has 2 amide bonds. The second kappa shape index (κ2) is 17.0. The van der Waals surface area contributed by atoms with Crippen molar-refractivity contribution in [2.75, 3.05) is 39.3 Å². The number of para-hydroxylation sites is 2. The van der Waals surface area contributed by atoms with Gasteiger partial charge in [-0.15, -0.1) is 0 Å². The summed E-state index contributed by atoms with van der Waals surface area (Å²) in [6.07, 6.45) is 1.29. The van der Waals surface area contributed by atoms with Crippen LogP contribution in [0.2, 0.25) is 0 Å². The molecule has 12 nitrogen and oxygen atoms in total. The Hall–Kier alpha value is -5.69. The number of ether oxygens (including phenoxy) is 1. The molecule has 0 saturated carbocycles. The maximum absolute atomic E-state index is 13.9. The minimum Gasteiger partial charge on any atom is -0.507 e. The predicted molar refractivity (Wildman–Crippen MR) is 192 cm³/mol. The molecule has 1 saturated heterocycles. The molecule has 3 atom stereocenters. The number of rotatable bonds is 13. The molecule has 6 rings (SSSR count). The molecule has 15 heteroatoms. The number of amides is 2. The highest BCUT2D eigenvalue weighted by atomic mass is 19.4. The molecule has 2 aliphatic rings. The second-order valence-corrected chi connectivity index (χ2v) is 13.4. The molecule has 0 unspecified atom stereocenters. The van der Waals surface area contributed by atoms with Crippen molar-refractivity contribution in [2.24, 2.45) is 5.92 Å². The molecule has 2 aromatic heterocycles. The minimum absolute atomic E-state index is 0.0539. The quantitative estimate of drug-likeness (QED) is 0.159. The Balaban J connectivity index is 1.16. The molecule has 0 spiro atoms. The van der Waals surface area contributed by atoms with Crippen molar-refractivity contribution < 1.29 is 37.7 Å². The number of nitriles is 1. The summed E-state index contributed by atoms with van der Waals surface area (Å²) < 4.78 is 46.9. The van der Waals surface area contributed by atoms with Crippen LogP contribution in [-0.4, -0.2) is 99.0 Å². The molecule has 0 radical (unpaired) electrons. The number of nitrogens with one attached hydrogen (secondary N) is 2. The third-order valence-corrected chi connectivity index (χ3v) is 9.44. The minimum atomic E-state index is -4.61. The summed E-state index contributed by atoms with van der Waals surface area (Å²) in [6, 6.07) is 20.7. The standard InChI is InChI=1S/C39H40F3N7O5/c40-39(41,42)25-45-38(53)33-23-47(20-27-11-13-48(21-27)32-9-3-1-7-28(32)18-43)14-15-49(33)22-30(50)17-29(16-26-6-5-12-44-19-26)37(52)46-36-31-8-2-4-10-35(31)54-24-34(36)51/h1-13,19,21,29-30,33,50-51H,14-17,20,22-25H2,(H,45,53)(H,46,52)/t29-,30+,33+/m1/s1. The summed E-state index contributed by atoms with van der Waals surface area (Å²) in [7, 11) is 0. The van der Waals surface area contributed by atoms with Crippen molar-refractivity contribution in [3.8, 4) is 17.5 Å². The number of fused-ring (bicyclic) bond motifs is 1. The Morgan fingerprint density at radius 2 is 1.85 bits per heavy atom. The highest BCUT2D eigenvalue weighted by Crippen LogP contribution is 2.31. The topological polar surface area (TPSA) is 156 Å². The lowest BCUT2D eigenvalue weighted by Gasteiger charge is -2.41. The molecule has 54 heavy (non-hydrogen) atoms. The number of carbonyl (C=O) groups excluding carboxylic acids is 2. The number of hydrogen-bond acceptors (Lipinski definition) is 9. The van der Waals surface area contributed by atoms with Gasteiger partial charge in [0.05, 0.1) is 23.1 Å². The van der Waals surface area contributed by atoms with Gasteiger partial charge in [0, 0.05) is 69.0 Å². The van der Waals surface area contributed by atoms with E-state index in [9.17, 15) is 38.2 Å². The third kappa shape index (κ3) is 9.64. The molecule has 282 valence electrons. The molecule has 2 aromatic carbocycles. The van der Waals surface area contributed by atoms with Crippen LogP contribution >= 0.6 is 0 Å². The zero-order chi connectivity index (χ0) is 38.2. The summed E-state index contributed by atoms with van der Waals surface area (Å²) in [5, 5.41) is 36.5. The van der Waals surface area contributed by atoms with Gasteiger partial charge in [-0.05, 0) is 60.4 Å². The third-order valence-electron chi connectivity index (χ3n) is 9.44. The first-order valence-electron chi connectivity index (χ1n) is 17.5. The second-order valence-electron chi connectivity index (χ2n) is 13.4. The molecule has 4 aromatic rings. The lowest BCUT2D eigenvalue weighted by molar-refractivity contribution is -0.143. The van der Waals surface area contributed by atoms with Crippen molar-refractivity contribution >= 4 is 17.5 Å². The van der Waals surface area contributed by atoms with Gasteiger partial charge in [-0.25, -0.2) is 0 Å². The maximum atomic E-state index is 13.9. The average Bonchev–Trinajstić information content (AvgIpc) is 3.63. The predicted octanol–water partition coefficient (Wildman–Crippen LogP) is 3.95. The Morgan fingerprint density at radius 1 is 1.06 bits per heavy atom. The molecule has 0 bridgehead atoms. The number of alkyl halides is 3. The van der Waals surface area contributed by atoms with Crippen LogP contribution in [0.3, 0.4) is 0 Å². The van der Waals surface area contributed by atoms with Gasteiger partial charge in [-0.2, -0.15) is 18.4 Å². The van der Waals surface area contributed by atoms with E-state index in [0.717, 1.165) is 11.1 Å². The lowest BCUT2D eigenvalue weighted by Crippen LogP contribution is -2.60. The van der Waals surface area contributed by atoms with Crippen LogP contribution in [0, 0.1) is 17.2 Å². The fraction of sp³-hybridized carbons (Fsp3) is 0.333. The zero-order valence-electron chi connectivity index (χ0n) is 29.2.